The smallest absolute Gasteiger partial charge is 0.107 e. The van der Waals surface area contributed by atoms with Gasteiger partial charge in [0.25, 0.3) is 0 Å². The lowest BCUT2D eigenvalue weighted by atomic mass is 10.2. The fourth-order valence-corrected chi connectivity index (χ4v) is 1.33. The van der Waals surface area contributed by atoms with Gasteiger partial charge in [-0.3, -0.25) is 0 Å². The van der Waals surface area contributed by atoms with Gasteiger partial charge in [0.15, 0.2) is 0 Å². The van der Waals surface area contributed by atoms with Crippen molar-refractivity contribution < 1.29 is 5.11 Å². The summed E-state index contributed by atoms with van der Waals surface area (Å²) in [5.74, 6) is 0. The number of rotatable bonds is 1. The molecule has 0 saturated heterocycles. The predicted molar refractivity (Wildman–Crippen MR) is 45.9 cm³/mol. The van der Waals surface area contributed by atoms with Crippen LogP contribution in [0, 0.1) is 0 Å². The molecule has 0 spiro atoms. The highest BCUT2D eigenvalue weighted by Gasteiger charge is 2.04. The zero-order valence-corrected chi connectivity index (χ0v) is 7.67. The lowest BCUT2D eigenvalue weighted by Crippen LogP contribution is -1.82. The quantitative estimate of drug-likeness (QED) is 0.632. The molecule has 0 fully saturated rings. The number of hydrogen-bond acceptors (Lipinski definition) is 0. The maximum Gasteiger partial charge on any atom is 0.107 e. The highest BCUT2D eigenvalue weighted by molar-refractivity contribution is 6.48. The molecule has 0 aliphatic carbocycles. The lowest BCUT2D eigenvalue weighted by molar-refractivity contribution is 0.177. The van der Waals surface area contributed by atoms with E-state index in [1.807, 2.05) is 0 Å². The monoisotopic (exact) mass is 209 g/mol. The van der Waals surface area contributed by atoms with Gasteiger partial charge in [-0.2, -0.15) is 0 Å². The van der Waals surface area contributed by atoms with E-state index in [-0.39, 0.29) is 6.61 Å². The molecule has 0 heterocycles. The molecule has 0 aromatic heterocycles. The molecule has 1 radical (unpaired) electrons. The standard InChI is InChI=1S/C7H4Cl3O/c8-5-1-4(3-11)2-6(9)7(5)10/h1-2H,3H2. The van der Waals surface area contributed by atoms with Gasteiger partial charge >= 0.3 is 0 Å². The molecular formula is C7H4Cl3O. The van der Waals surface area contributed by atoms with E-state index >= 15 is 0 Å². The minimum atomic E-state index is -0.337. The van der Waals surface area contributed by atoms with Crippen molar-refractivity contribution >= 4 is 34.8 Å². The molecule has 1 rings (SSSR count). The van der Waals surface area contributed by atoms with Gasteiger partial charge in [0.05, 0.1) is 15.1 Å². The van der Waals surface area contributed by atoms with Crippen molar-refractivity contribution in [2.75, 3.05) is 0 Å². The second kappa shape index (κ2) is 3.63. The number of benzene rings is 1. The average Bonchev–Trinajstić information content (AvgIpc) is 1.99. The summed E-state index contributed by atoms with van der Waals surface area (Å²) in [6, 6.07) is 3.03. The van der Waals surface area contributed by atoms with Gasteiger partial charge in [0, 0.05) is 0 Å². The fourth-order valence-electron chi connectivity index (χ4n) is 0.691. The van der Waals surface area contributed by atoms with Gasteiger partial charge in [-0.05, 0) is 17.7 Å². The van der Waals surface area contributed by atoms with Gasteiger partial charge in [0.2, 0.25) is 0 Å². The molecule has 0 bridgehead atoms. The topological polar surface area (TPSA) is 19.9 Å². The fraction of sp³-hybridized carbons (Fsp3) is 0.143. The Morgan fingerprint density at radius 1 is 1.09 bits per heavy atom. The molecule has 11 heavy (non-hydrogen) atoms. The summed E-state index contributed by atoms with van der Waals surface area (Å²) < 4.78 is 0. The van der Waals surface area contributed by atoms with Gasteiger partial charge in [-0.15, -0.1) is 0 Å². The lowest BCUT2D eigenvalue weighted by Gasteiger charge is -2.00. The number of hydrogen-bond donors (Lipinski definition) is 0. The first-order chi connectivity index (χ1) is 5.15. The van der Waals surface area contributed by atoms with Crippen LogP contribution in [0.3, 0.4) is 0 Å². The average molecular weight is 210 g/mol. The van der Waals surface area contributed by atoms with Crippen molar-refractivity contribution in [3.8, 4) is 0 Å². The van der Waals surface area contributed by atoms with Crippen LogP contribution in [0.25, 0.3) is 0 Å². The normalized spacial score (nSPS) is 10.2. The maximum atomic E-state index is 10.4. The summed E-state index contributed by atoms with van der Waals surface area (Å²) in [4.78, 5) is 0. The highest BCUT2D eigenvalue weighted by Crippen LogP contribution is 2.30. The minimum Gasteiger partial charge on any atom is -0.232 e. The summed E-state index contributed by atoms with van der Waals surface area (Å²) >= 11 is 16.9. The second-order valence-corrected chi connectivity index (χ2v) is 3.21. The van der Waals surface area contributed by atoms with Gasteiger partial charge in [-0.25, -0.2) is 5.11 Å². The third-order valence-corrected chi connectivity index (χ3v) is 2.41. The third kappa shape index (κ3) is 2.00. The van der Waals surface area contributed by atoms with Gasteiger partial charge in [0.1, 0.15) is 6.61 Å². The molecule has 1 aromatic carbocycles. The summed E-state index contributed by atoms with van der Waals surface area (Å²) in [7, 11) is 0. The summed E-state index contributed by atoms with van der Waals surface area (Å²) in [5.41, 5.74) is 0.546. The molecule has 0 aliphatic heterocycles. The second-order valence-electron chi connectivity index (χ2n) is 2.02. The first kappa shape index (κ1) is 9.14. The van der Waals surface area contributed by atoms with Crippen LogP contribution in [-0.4, -0.2) is 0 Å². The number of halogens is 3. The van der Waals surface area contributed by atoms with E-state index in [1.54, 1.807) is 0 Å². The Balaban J connectivity index is 3.21. The third-order valence-electron chi connectivity index (χ3n) is 1.21. The Morgan fingerprint density at radius 2 is 1.55 bits per heavy atom. The molecule has 0 saturated carbocycles. The largest absolute Gasteiger partial charge is 0.232 e. The summed E-state index contributed by atoms with van der Waals surface area (Å²) in [6.07, 6.45) is 0. The molecular weight excluding hydrogens is 206 g/mol. The van der Waals surface area contributed by atoms with Crippen molar-refractivity contribution in [3.05, 3.63) is 32.8 Å². The minimum absolute atomic E-state index is 0.297. The van der Waals surface area contributed by atoms with Crippen LogP contribution in [0.5, 0.6) is 0 Å². The van der Waals surface area contributed by atoms with E-state index in [4.69, 9.17) is 34.8 Å². The van der Waals surface area contributed by atoms with Crippen molar-refractivity contribution in [2.45, 2.75) is 6.61 Å². The van der Waals surface area contributed by atoms with Gasteiger partial charge in [-0.1, -0.05) is 34.8 Å². The SMILES string of the molecule is [O]Cc1cc(Cl)c(Cl)c(Cl)c1. The van der Waals surface area contributed by atoms with Crippen LogP contribution in [0.1, 0.15) is 5.56 Å². The molecule has 59 valence electrons. The van der Waals surface area contributed by atoms with E-state index in [2.05, 4.69) is 0 Å². The molecule has 4 heteroatoms. The molecule has 0 atom stereocenters. The Morgan fingerprint density at radius 3 is 1.91 bits per heavy atom. The summed E-state index contributed by atoms with van der Waals surface area (Å²) in [5, 5.41) is 11.3. The van der Waals surface area contributed by atoms with Crippen LogP contribution in [0.15, 0.2) is 12.1 Å². The van der Waals surface area contributed by atoms with Crippen LogP contribution in [0.2, 0.25) is 15.1 Å². The van der Waals surface area contributed by atoms with Crippen LogP contribution in [0.4, 0.5) is 0 Å². The van der Waals surface area contributed by atoms with Crippen molar-refractivity contribution in [3.63, 3.8) is 0 Å². The van der Waals surface area contributed by atoms with Crippen LogP contribution < -0.4 is 0 Å². The van der Waals surface area contributed by atoms with Crippen molar-refractivity contribution in [1.82, 2.24) is 0 Å². The van der Waals surface area contributed by atoms with Gasteiger partial charge < -0.3 is 0 Å². The van der Waals surface area contributed by atoms with Crippen molar-refractivity contribution in [2.24, 2.45) is 0 Å². The first-order valence-electron chi connectivity index (χ1n) is 2.86. The molecule has 1 nitrogen and oxygen atoms in total. The summed E-state index contributed by atoms with van der Waals surface area (Å²) in [6.45, 7) is -0.337. The molecule has 0 unspecified atom stereocenters. The van der Waals surface area contributed by atoms with E-state index in [9.17, 15) is 5.11 Å². The molecule has 0 amide bonds. The van der Waals surface area contributed by atoms with E-state index in [1.165, 1.54) is 12.1 Å². The molecule has 0 N–H and O–H groups in total. The van der Waals surface area contributed by atoms with E-state index < -0.39 is 0 Å². The highest BCUT2D eigenvalue weighted by atomic mass is 35.5. The van der Waals surface area contributed by atoms with E-state index in [0.717, 1.165) is 0 Å². The Bertz CT molecular complexity index is 249. The molecule has 0 aliphatic rings. The van der Waals surface area contributed by atoms with Crippen LogP contribution >= 0.6 is 34.8 Å². The first-order valence-corrected chi connectivity index (χ1v) is 4.00. The van der Waals surface area contributed by atoms with Crippen LogP contribution in [-0.2, 0) is 11.7 Å². The Kier molecular flexibility index (Phi) is 3.02. The predicted octanol–water partition coefficient (Wildman–Crippen LogP) is 3.58. The van der Waals surface area contributed by atoms with Crippen molar-refractivity contribution in [1.29, 1.82) is 0 Å². The Hall–Kier alpha value is 0.0500. The Labute approximate surface area is 79.5 Å². The zero-order chi connectivity index (χ0) is 8.43. The maximum absolute atomic E-state index is 10.4. The van der Waals surface area contributed by atoms with E-state index in [0.29, 0.717) is 20.6 Å². The molecule has 1 aromatic rings. The zero-order valence-electron chi connectivity index (χ0n) is 5.40.